The molecule has 0 aliphatic heterocycles. The molecular weight excluding hydrogens is 478 g/mol. The topological polar surface area (TPSA) is 78.8 Å². The van der Waals surface area contributed by atoms with Gasteiger partial charge in [0.15, 0.2) is 0 Å². The Labute approximate surface area is 203 Å². The normalized spacial score (nSPS) is 11.7. The maximum absolute atomic E-state index is 13.2. The number of benzene rings is 3. The number of hydrogen-bond acceptors (Lipinski definition) is 5. The fraction of sp³-hybridized carbons (Fsp3) is 0.167. The van der Waals surface area contributed by atoms with Crippen molar-refractivity contribution in [2.24, 2.45) is 5.10 Å². The van der Waals surface area contributed by atoms with Crippen molar-refractivity contribution >= 4 is 45.5 Å². The molecule has 1 N–H and O–H groups in total. The van der Waals surface area contributed by atoms with E-state index in [9.17, 15) is 13.2 Å². The van der Waals surface area contributed by atoms with E-state index in [1.165, 1.54) is 30.5 Å². The average molecular weight is 502 g/mol. The molecule has 6 nitrogen and oxygen atoms in total. The highest BCUT2D eigenvalue weighted by molar-refractivity contribution is 7.98. The molecule has 9 heteroatoms. The number of nitrogens with zero attached hydrogens (tertiary/aromatic N) is 2. The van der Waals surface area contributed by atoms with Gasteiger partial charge in [0.05, 0.1) is 17.7 Å². The van der Waals surface area contributed by atoms with Crippen LogP contribution >= 0.6 is 23.4 Å². The molecule has 33 heavy (non-hydrogen) atoms. The molecule has 0 fully saturated rings. The van der Waals surface area contributed by atoms with E-state index in [2.05, 4.69) is 10.5 Å². The van der Waals surface area contributed by atoms with Crippen molar-refractivity contribution in [1.82, 2.24) is 9.73 Å². The second kappa shape index (κ2) is 12.0. The Bertz CT molecular complexity index is 1180. The molecule has 3 aromatic carbocycles. The molecule has 0 spiro atoms. The molecule has 0 saturated carbocycles. The molecule has 0 unspecified atom stereocenters. The quantitative estimate of drug-likeness (QED) is 0.253. The Balaban J connectivity index is 1.71. The number of sulfonamides is 1. The Morgan fingerprint density at radius 2 is 1.70 bits per heavy atom. The van der Waals surface area contributed by atoms with Gasteiger partial charge in [0.1, 0.15) is 0 Å². The number of carbonyl (C=O) groups excluding carboxylic acids is 1. The first-order valence-corrected chi connectivity index (χ1v) is 13.2. The van der Waals surface area contributed by atoms with Gasteiger partial charge in [0.2, 0.25) is 10.0 Å². The van der Waals surface area contributed by atoms with Crippen LogP contribution in [0.15, 0.2) is 93.8 Å². The van der Waals surface area contributed by atoms with Crippen LogP contribution in [-0.2, 0) is 21.2 Å². The van der Waals surface area contributed by atoms with Crippen molar-refractivity contribution < 1.29 is 13.2 Å². The molecule has 0 atom stereocenters. The van der Waals surface area contributed by atoms with Crippen LogP contribution in [-0.4, -0.2) is 44.2 Å². The monoisotopic (exact) mass is 501 g/mol. The van der Waals surface area contributed by atoms with E-state index < -0.39 is 15.9 Å². The molecule has 0 aromatic heterocycles. The van der Waals surface area contributed by atoms with Gasteiger partial charge >= 0.3 is 0 Å². The van der Waals surface area contributed by atoms with E-state index in [1.807, 2.05) is 60.9 Å². The third-order valence-corrected chi connectivity index (χ3v) is 7.64. The maximum atomic E-state index is 13.2. The van der Waals surface area contributed by atoms with Crippen LogP contribution < -0.4 is 5.43 Å². The number of thioether (sulfide) groups is 1. The predicted octanol–water partition coefficient (Wildman–Crippen LogP) is 4.45. The molecule has 172 valence electrons. The lowest BCUT2D eigenvalue weighted by molar-refractivity contribution is -0.121. The predicted molar refractivity (Wildman–Crippen MR) is 134 cm³/mol. The molecule has 0 radical (unpaired) electrons. The first-order valence-electron chi connectivity index (χ1n) is 10.1. The highest BCUT2D eigenvalue weighted by Crippen LogP contribution is 2.19. The summed E-state index contributed by atoms with van der Waals surface area (Å²) < 4.78 is 27.6. The molecule has 3 rings (SSSR count). The van der Waals surface area contributed by atoms with Crippen LogP contribution in [0.25, 0.3) is 0 Å². The van der Waals surface area contributed by atoms with Gasteiger partial charge in [0.25, 0.3) is 5.91 Å². The van der Waals surface area contributed by atoms with Crippen molar-refractivity contribution in [2.45, 2.75) is 16.2 Å². The summed E-state index contributed by atoms with van der Waals surface area (Å²) in [7, 11) is -3.91. The highest BCUT2D eigenvalue weighted by Gasteiger charge is 2.26. The standard InChI is InChI=1S/C24H24ClN3O3S2/c1-32-22-11-7-20(8-12-22)17-26-27-24(29)18-28(16-15-19-5-3-2-4-6-19)33(30,31)23-13-9-21(25)10-14-23/h2-14,17H,15-16,18H2,1H3,(H,27,29)/b26-17-. The minimum atomic E-state index is -3.91. The van der Waals surface area contributed by atoms with Crippen molar-refractivity contribution in [3.05, 3.63) is 95.0 Å². The first kappa shape index (κ1) is 25.0. The van der Waals surface area contributed by atoms with Gasteiger partial charge in [0, 0.05) is 16.5 Å². The zero-order valence-corrected chi connectivity index (χ0v) is 20.4. The van der Waals surface area contributed by atoms with Crippen molar-refractivity contribution in [3.8, 4) is 0 Å². The molecule has 0 saturated heterocycles. The largest absolute Gasteiger partial charge is 0.272 e. The Kier molecular flexibility index (Phi) is 9.08. The third-order valence-electron chi connectivity index (χ3n) is 4.78. The van der Waals surface area contributed by atoms with Crippen LogP contribution in [0.4, 0.5) is 0 Å². The lowest BCUT2D eigenvalue weighted by atomic mass is 10.1. The number of amides is 1. The molecule has 3 aromatic rings. The second-order valence-electron chi connectivity index (χ2n) is 7.09. The van der Waals surface area contributed by atoms with Gasteiger partial charge < -0.3 is 0 Å². The average Bonchev–Trinajstić information content (AvgIpc) is 2.83. The highest BCUT2D eigenvalue weighted by atomic mass is 35.5. The van der Waals surface area contributed by atoms with Crippen LogP contribution in [0.1, 0.15) is 11.1 Å². The number of hydrazone groups is 1. The Morgan fingerprint density at radius 3 is 2.33 bits per heavy atom. The number of carbonyl (C=O) groups is 1. The van der Waals surface area contributed by atoms with Gasteiger partial charge in [-0.3, -0.25) is 4.79 Å². The molecule has 0 aliphatic rings. The Morgan fingerprint density at radius 1 is 1.03 bits per heavy atom. The lowest BCUT2D eigenvalue weighted by Gasteiger charge is -2.21. The van der Waals surface area contributed by atoms with E-state index in [-0.39, 0.29) is 18.0 Å². The molecule has 0 aliphatic carbocycles. The van der Waals surface area contributed by atoms with E-state index in [0.717, 1.165) is 20.3 Å². The Hall–Kier alpha value is -2.65. The van der Waals surface area contributed by atoms with E-state index in [0.29, 0.717) is 11.4 Å². The summed E-state index contributed by atoms with van der Waals surface area (Å²) in [5.74, 6) is -0.530. The summed E-state index contributed by atoms with van der Waals surface area (Å²) in [6.45, 7) is -0.219. The minimum Gasteiger partial charge on any atom is -0.272 e. The van der Waals surface area contributed by atoms with Crippen molar-refractivity contribution in [1.29, 1.82) is 0 Å². The SMILES string of the molecule is CSc1ccc(/C=N\NC(=O)CN(CCc2ccccc2)S(=O)(=O)c2ccc(Cl)cc2)cc1. The van der Waals surface area contributed by atoms with Gasteiger partial charge in [-0.2, -0.15) is 9.41 Å². The van der Waals surface area contributed by atoms with Crippen molar-refractivity contribution in [3.63, 3.8) is 0 Å². The fourth-order valence-corrected chi connectivity index (χ4v) is 4.93. The number of rotatable bonds is 10. The maximum Gasteiger partial charge on any atom is 0.255 e. The van der Waals surface area contributed by atoms with Crippen LogP contribution in [0.3, 0.4) is 0 Å². The fourth-order valence-electron chi connectivity index (χ4n) is 3.00. The van der Waals surface area contributed by atoms with Gasteiger partial charge in [-0.15, -0.1) is 11.8 Å². The first-order chi connectivity index (χ1) is 15.9. The summed E-state index contributed by atoms with van der Waals surface area (Å²) in [4.78, 5) is 13.7. The van der Waals surface area contributed by atoms with E-state index >= 15 is 0 Å². The zero-order valence-electron chi connectivity index (χ0n) is 18.0. The van der Waals surface area contributed by atoms with Crippen molar-refractivity contribution in [2.75, 3.05) is 19.3 Å². The zero-order chi connectivity index (χ0) is 23.7. The minimum absolute atomic E-state index is 0.0742. The smallest absolute Gasteiger partial charge is 0.255 e. The molecule has 1 amide bonds. The van der Waals surface area contributed by atoms with Crippen LogP contribution in [0, 0.1) is 0 Å². The van der Waals surface area contributed by atoms with Crippen LogP contribution in [0.2, 0.25) is 5.02 Å². The second-order valence-corrected chi connectivity index (χ2v) is 10.3. The third kappa shape index (κ3) is 7.43. The number of halogens is 1. The summed E-state index contributed by atoms with van der Waals surface area (Å²) in [5, 5.41) is 4.40. The number of hydrogen-bond donors (Lipinski definition) is 1. The van der Waals surface area contributed by atoms with E-state index in [1.54, 1.807) is 11.8 Å². The summed E-state index contributed by atoms with van der Waals surface area (Å²) in [6, 6.07) is 23.1. The van der Waals surface area contributed by atoms with E-state index in [4.69, 9.17) is 11.6 Å². The lowest BCUT2D eigenvalue weighted by Crippen LogP contribution is -2.40. The van der Waals surface area contributed by atoms with Crippen LogP contribution in [0.5, 0.6) is 0 Å². The molecule has 0 bridgehead atoms. The molecule has 0 heterocycles. The summed E-state index contributed by atoms with van der Waals surface area (Å²) in [6.07, 6.45) is 3.97. The summed E-state index contributed by atoms with van der Waals surface area (Å²) in [5.41, 5.74) is 4.21. The van der Waals surface area contributed by atoms with Gasteiger partial charge in [-0.05, 0) is 60.2 Å². The van der Waals surface area contributed by atoms with Gasteiger partial charge in [-0.1, -0.05) is 54.1 Å². The number of nitrogens with one attached hydrogen (secondary N) is 1. The summed E-state index contributed by atoms with van der Waals surface area (Å²) >= 11 is 7.54. The van der Waals surface area contributed by atoms with Gasteiger partial charge in [-0.25, -0.2) is 13.8 Å². The molecular formula is C24H24ClN3O3S2.